The Morgan fingerprint density at radius 3 is 2.36 bits per heavy atom. The zero-order valence-corrected chi connectivity index (χ0v) is 15.3. The van der Waals surface area contributed by atoms with E-state index in [4.69, 9.17) is 16.7 Å². The van der Waals surface area contributed by atoms with Crippen molar-refractivity contribution in [3.05, 3.63) is 28.8 Å². The number of carbonyl (C=O) groups is 2. The second-order valence-electron chi connectivity index (χ2n) is 4.17. The molecule has 0 saturated carbocycles. The minimum absolute atomic E-state index is 0. The van der Waals surface area contributed by atoms with Crippen molar-refractivity contribution in [3.8, 4) is 0 Å². The van der Waals surface area contributed by atoms with Crippen LogP contribution in [0.2, 0.25) is 5.02 Å². The number of nitrogens with one attached hydrogen (secondary N) is 1. The predicted octanol–water partition coefficient (Wildman–Crippen LogP) is -1.95. The Hall–Kier alpha value is -0.164. The standard InChI is InChI=1S/C12H11ClF3NO4.K/c13-8-2-7(12(14,15)16)3-9(4-8)17-11(21)6(5-18)1-10(19)20;/h2-4,6,18H,1,5H2,(H,17,21)(H,19,20);/q;+1/p-1. The monoisotopic (exact) mass is 363 g/mol. The van der Waals surface area contributed by atoms with Crippen LogP contribution in [0, 0.1) is 5.92 Å². The molecule has 0 aromatic heterocycles. The second kappa shape index (κ2) is 9.21. The summed E-state index contributed by atoms with van der Waals surface area (Å²) < 4.78 is 37.8. The Morgan fingerprint density at radius 2 is 1.91 bits per heavy atom. The van der Waals surface area contributed by atoms with Crippen LogP contribution < -0.4 is 61.8 Å². The third kappa shape index (κ3) is 6.94. The van der Waals surface area contributed by atoms with Gasteiger partial charge in [0.05, 0.1) is 18.1 Å². The van der Waals surface area contributed by atoms with Crippen LogP contribution in [0.4, 0.5) is 18.9 Å². The number of hydrogen-bond acceptors (Lipinski definition) is 4. The third-order valence-corrected chi connectivity index (χ3v) is 2.72. The quantitative estimate of drug-likeness (QED) is 0.595. The van der Waals surface area contributed by atoms with Gasteiger partial charge in [-0.2, -0.15) is 13.2 Å². The molecule has 0 heterocycles. The van der Waals surface area contributed by atoms with Crippen LogP contribution in [-0.4, -0.2) is 23.6 Å². The molecule has 0 fully saturated rings. The van der Waals surface area contributed by atoms with Crippen LogP contribution in [0.15, 0.2) is 18.2 Å². The van der Waals surface area contributed by atoms with Gasteiger partial charge in [0, 0.05) is 23.1 Å². The molecular weight excluding hydrogens is 354 g/mol. The van der Waals surface area contributed by atoms with E-state index in [1.54, 1.807) is 0 Å². The number of hydrogen-bond donors (Lipinski definition) is 2. The van der Waals surface area contributed by atoms with Gasteiger partial charge >= 0.3 is 57.6 Å². The number of rotatable bonds is 5. The van der Waals surface area contributed by atoms with E-state index in [1.807, 2.05) is 0 Å². The number of carboxylic acid groups (broad SMARTS) is 1. The van der Waals surface area contributed by atoms with E-state index in [9.17, 15) is 27.9 Å². The van der Waals surface area contributed by atoms with Crippen molar-refractivity contribution in [2.24, 2.45) is 5.92 Å². The summed E-state index contributed by atoms with van der Waals surface area (Å²) in [6.45, 7) is -0.785. The van der Waals surface area contributed by atoms with Gasteiger partial charge in [-0.3, -0.25) is 4.79 Å². The van der Waals surface area contributed by atoms with Crippen molar-refractivity contribution < 1.29 is 84.4 Å². The van der Waals surface area contributed by atoms with E-state index in [2.05, 4.69) is 5.32 Å². The van der Waals surface area contributed by atoms with Gasteiger partial charge in [-0.15, -0.1) is 0 Å². The molecule has 0 aliphatic rings. The van der Waals surface area contributed by atoms with Crippen molar-refractivity contribution in [1.82, 2.24) is 0 Å². The first-order valence-electron chi connectivity index (χ1n) is 5.63. The molecule has 5 nitrogen and oxygen atoms in total. The number of benzene rings is 1. The molecule has 2 N–H and O–H groups in total. The van der Waals surface area contributed by atoms with Crippen LogP contribution in [0.1, 0.15) is 12.0 Å². The molecule has 22 heavy (non-hydrogen) atoms. The van der Waals surface area contributed by atoms with Crippen LogP contribution in [0.25, 0.3) is 0 Å². The number of aliphatic carboxylic acids is 1. The first kappa shape index (κ1) is 21.8. The van der Waals surface area contributed by atoms with Gasteiger partial charge < -0.3 is 20.3 Å². The van der Waals surface area contributed by atoms with E-state index < -0.39 is 42.6 Å². The summed E-state index contributed by atoms with van der Waals surface area (Å²) in [7, 11) is 0. The maximum atomic E-state index is 12.6. The Labute approximate surface area is 171 Å². The summed E-state index contributed by atoms with van der Waals surface area (Å²) >= 11 is 5.53. The van der Waals surface area contributed by atoms with Crippen molar-refractivity contribution in [3.63, 3.8) is 0 Å². The number of halogens is 4. The molecule has 10 heteroatoms. The number of carboxylic acids is 1. The summed E-state index contributed by atoms with van der Waals surface area (Å²) in [4.78, 5) is 22.1. The molecule has 1 aromatic rings. The average molecular weight is 364 g/mol. The molecule has 0 aliphatic carbocycles. The van der Waals surface area contributed by atoms with Gasteiger partial charge in [-0.05, 0) is 18.2 Å². The molecular formula is C12H10ClF3KNO4. The molecule has 116 valence electrons. The molecule has 0 radical (unpaired) electrons. The molecule has 0 saturated heterocycles. The van der Waals surface area contributed by atoms with Crippen LogP contribution >= 0.6 is 11.6 Å². The van der Waals surface area contributed by atoms with E-state index in [0.717, 1.165) is 6.07 Å². The number of aliphatic hydroxyl groups excluding tert-OH is 1. The summed E-state index contributed by atoms with van der Waals surface area (Å²) in [5, 5.41) is 21.1. The SMILES string of the molecule is O=C([O-])CC(CO)C(=O)Nc1cc(Cl)cc(C(F)(F)F)c1.[K+]. The fourth-order valence-electron chi connectivity index (χ4n) is 1.51. The zero-order valence-electron chi connectivity index (χ0n) is 11.4. The zero-order chi connectivity index (χ0) is 16.2. The normalized spacial score (nSPS) is 12.2. The Bertz CT molecular complexity index is 554. The van der Waals surface area contributed by atoms with Gasteiger partial charge in [0.2, 0.25) is 5.91 Å². The molecule has 0 spiro atoms. The summed E-state index contributed by atoms with van der Waals surface area (Å²) in [5.41, 5.74) is -1.32. The van der Waals surface area contributed by atoms with Crippen molar-refractivity contribution in [1.29, 1.82) is 0 Å². The maximum Gasteiger partial charge on any atom is 1.00 e. The van der Waals surface area contributed by atoms with E-state index in [0.29, 0.717) is 12.1 Å². The van der Waals surface area contributed by atoms with Gasteiger partial charge in [0.1, 0.15) is 0 Å². The van der Waals surface area contributed by atoms with Crippen molar-refractivity contribution in [2.45, 2.75) is 12.6 Å². The van der Waals surface area contributed by atoms with Crippen molar-refractivity contribution >= 4 is 29.2 Å². The average Bonchev–Trinajstić information content (AvgIpc) is 2.33. The molecule has 1 unspecified atom stereocenters. The molecule has 0 aliphatic heterocycles. The van der Waals surface area contributed by atoms with Crippen molar-refractivity contribution in [2.75, 3.05) is 11.9 Å². The predicted molar refractivity (Wildman–Crippen MR) is 65.3 cm³/mol. The van der Waals surface area contributed by atoms with Crippen LogP contribution in [0.3, 0.4) is 0 Å². The molecule has 1 rings (SSSR count). The molecule has 1 amide bonds. The van der Waals surface area contributed by atoms with E-state index in [-0.39, 0.29) is 62.1 Å². The topological polar surface area (TPSA) is 89.5 Å². The van der Waals surface area contributed by atoms with Gasteiger partial charge in [0.15, 0.2) is 0 Å². The summed E-state index contributed by atoms with van der Waals surface area (Å²) in [6, 6.07) is 2.40. The second-order valence-corrected chi connectivity index (χ2v) is 4.61. The van der Waals surface area contributed by atoms with E-state index in [1.165, 1.54) is 0 Å². The van der Waals surface area contributed by atoms with Gasteiger partial charge in [-0.1, -0.05) is 11.6 Å². The Morgan fingerprint density at radius 1 is 1.32 bits per heavy atom. The first-order valence-corrected chi connectivity index (χ1v) is 6.00. The number of anilines is 1. The molecule has 1 aromatic carbocycles. The fourth-order valence-corrected chi connectivity index (χ4v) is 1.75. The number of aliphatic hydroxyl groups is 1. The van der Waals surface area contributed by atoms with Crippen LogP contribution in [-0.2, 0) is 15.8 Å². The summed E-state index contributed by atoms with van der Waals surface area (Å²) in [6.07, 6.45) is -5.40. The molecule has 0 bridgehead atoms. The van der Waals surface area contributed by atoms with E-state index >= 15 is 0 Å². The first-order chi connectivity index (χ1) is 9.63. The Balaban J connectivity index is 0.00000441. The largest absolute Gasteiger partial charge is 1.00 e. The Kier molecular flexibility index (Phi) is 9.14. The number of amides is 1. The maximum absolute atomic E-state index is 12.6. The molecule has 1 atom stereocenters. The van der Waals surface area contributed by atoms with Gasteiger partial charge in [-0.25, -0.2) is 0 Å². The van der Waals surface area contributed by atoms with Crippen LogP contribution in [0.5, 0.6) is 0 Å². The third-order valence-electron chi connectivity index (χ3n) is 2.50. The minimum atomic E-state index is -4.65. The number of alkyl halides is 3. The van der Waals surface area contributed by atoms with Gasteiger partial charge in [0.25, 0.3) is 0 Å². The minimum Gasteiger partial charge on any atom is -0.550 e. The fraction of sp³-hybridized carbons (Fsp3) is 0.333. The summed E-state index contributed by atoms with van der Waals surface area (Å²) in [5.74, 6) is -3.84. The smallest absolute Gasteiger partial charge is 0.550 e. The number of carbonyl (C=O) groups excluding carboxylic acids is 2.